The highest BCUT2D eigenvalue weighted by molar-refractivity contribution is 7.99. The molecule has 0 saturated heterocycles. The number of carbonyl (C=O) groups is 1. The summed E-state index contributed by atoms with van der Waals surface area (Å²) in [6, 6.07) is 5.68. The van der Waals surface area contributed by atoms with Crippen molar-refractivity contribution in [3.05, 3.63) is 40.6 Å². The molecular formula is C14H17FN4O2S. The number of anilines is 1. The third-order valence-electron chi connectivity index (χ3n) is 2.90. The molecule has 2 rings (SSSR count). The van der Waals surface area contributed by atoms with Gasteiger partial charge in [0, 0.05) is 12.2 Å². The molecule has 0 unspecified atom stereocenters. The van der Waals surface area contributed by atoms with Crippen LogP contribution in [0.5, 0.6) is 0 Å². The number of halogens is 1. The molecule has 22 heavy (non-hydrogen) atoms. The van der Waals surface area contributed by atoms with Crippen LogP contribution < -0.4 is 11.0 Å². The molecule has 0 fully saturated rings. The Morgan fingerprint density at radius 1 is 1.50 bits per heavy atom. The summed E-state index contributed by atoms with van der Waals surface area (Å²) in [5.74, 6) is -0.605. The standard InChI is InChI=1S/C14H17FN4O2S/c1-2-3-7-19-13(21)17-18-14(19)22-9-12(20)16-11-6-4-5-10(15)8-11/h4-6,8H,2-3,7,9H2,1H3,(H,16,20)(H,17,21). The van der Waals surface area contributed by atoms with Crippen LogP contribution in [0, 0.1) is 5.82 Å². The fraction of sp³-hybridized carbons (Fsp3) is 0.357. The van der Waals surface area contributed by atoms with Crippen molar-refractivity contribution in [2.75, 3.05) is 11.1 Å². The Morgan fingerprint density at radius 2 is 2.32 bits per heavy atom. The highest BCUT2D eigenvalue weighted by atomic mass is 32.2. The Balaban J connectivity index is 1.92. The number of amides is 1. The minimum absolute atomic E-state index is 0.0902. The number of aromatic amines is 1. The van der Waals surface area contributed by atoms with Gasteiger partial charge in [0.2, 0.25) is 5.91 Å². The first-order chi connectivity index (χ1) is 10.6. The molecule has 2 N–H and O–H groups in total. The van der Waals surface area contributed by atoms with Gasteiger partial charge in [-0.25, -0.2) is 14.3 Å². The molecule has 0 aliphatic rings. The van der Waals surface area contributed by atoms with E-state index >= 15 is 0 Å². The molecule has 0 radical (unpaired) electrons. The fourth-order valence-corrected chi connectivity index (χ4v) is 2.59. The van der Waals surface area contributed by atoms with Gasteiger partial charge in [-0.2, -0.15) is 0 Å². The van der Waals surface area contributed by atoms with Gasteiger partial charge in [-0.3, -0.25) is 9.36 Å². The lowest BCUT2D eigenvalue weighted by Crippen LogP contribution is -2.19. The Hall–Kier alpha value is -2.09. The van der Waals surface area contributed by atoms with Crippen molar-refractivity contribution in [1.82, 2.24) is 14.8 Å². The lowest BCUT2D eigenvalue weighted by atomic mass is 10.3. The maximum absolute atomic E-state index is 13.0. The summed E-state index contributed by atoms with van der Waals surface area (Å²) in [6.07, 6.45) is 1.82. The number of benzene rings is 1. The van der Waals surface area contributed by atoms with Crippen LogP contribution in [0.15, 0.2) is 34.2 Å². The number of H-pyrrole nitrogens is 1. The van der Waals surface area contributed by atoms with Crippen LogP contribution in [0.2, 0.25) is 0 Å². The van der Waals surface area contributed by atoms with E-state index in [0.717, 1.165) is 24.6 Å². The van der Waals surface area contributed by atoms with E-state index in [-0.39, 0.29) is 17.3 Å². The number of thioether (sulfide) groups is 1. The van der Waals surface area contributed by atoms with Crippen LogP contribution in [-0.2, 0) is 11.3 Å². The maximum Gasteiger partial charge on any atom is 0.343 e. The molecular weight excluding hydrogens is 307 g/mol. The average molecular weight is 324 g/mol. The van der Waals surface area contributed by atoms with E-state index in [1.165, 1.54) is 22.8 Å². The largest absolute Gasteiger partial charge is 0.343 e. The fourth-order valence-electron chi connectivity index (χ4n) is 1.82. The second-order valence-corrected chi connectivity index (χ2v) is 5.61. The van der Waals surface area contributed by atoms with Gasteiger partial charge in [0.1, 0.15) is 5.82 Å². The van der Waals surface area contributed by atoms with E-state index in [9.17, 15) is 14.0 Å². The molecule has 1 heterocycles. The summed E-state index contributed by atoms with van der Waals surface area (Å²) in [6.45, 7) is 2.60. The molecule has 0 spiro atoms. The predicted molar refractivity (Wildman–Crippen MR) is 83.5 cm³/mol. The van der Waals surface area contributed by atoms with Crippen LogP contribution in [0.4, 0.5) is 10.1 Å². The van der Waals surface area contributed by atoms with Crippen molar-refractivity contribution in [2.24, 2.45) is 0 Å². The van der Waals surface area contributed by atoms with Gasteiger partial charge in [-0.15, -0.1) is 5.10 Å². The zero-order valence-electron chi connectivity index (χ0n) is 12.1. The van der Waals surface area contributed by atoms with Gasteiger partial charge in [0.15, 0.2) is 5.16 Å². The van der Waals surface area contributed by atoms with E-state index in [2.05, 4.69) is 15.5 Å². The number of unbranched alkanes of at least 4 members (excludes halogenated alkanes) is 1. The highest BCUT2D eigenvalue weighted by Crippen LogP contribution is 2.15. The van der Waals surface area contributed by atoms with Crippen LogP contribution in [0.3, 0.4) is 0 Å². The molecule has 0 aliphatic heterocycles. The van der Waals surface area contributed by atoms with Gasteiger partial charge >= 0.3 is 5.69 Å². The monoisotopic (exact) mass is 324 g/mol. The van der Waals surface area contributed by atoms with E-state index in [1.54, 1.807) is 6.07 Å². The van der Waals surface area contributed by atoms with Crippen molar-refractivity contribution in [3.8, 4) is 0 Å². The third-order valence-corrected chi connectivity index (χ3v) is 3.88. The Morgan fingerprint density at radius 3 is 3.05 bits per heavy atom. The first kappa shape index (κ1) is 16.3. The first-order valence-electron chi connectivity index (χ1n) is 6.93. The minimum Gasteiger partial charge on any atom is -0.325 e. The Bertz CT molecular complexity index is 698. The number of hydrogen-bond donors (Lipinski definition) is 2. The number of nitrogens with zero attached hydrogens (tertiary/aromatic N) is 2. The molecule has 1 amide bonds. The molecule has 0 aliphatic carbocycles. The van der Waals surface area contributed by atoms with Crippen LogP contribution in [0.25, 0.3) is 0 Å². The second-order valence-electron chi connectivity index (χ2n) is 4.66. The Labute approximate surface area is 131 Å². The molecule has 118 valence electrons. The van der Waals surface area contributed by atoms with Gasteiger partial charge in [-0.1, -0.05) is 31.2 Å². The van der Waals surface area contributed by atoms with E-state index in [4.69, 9.17) is 0 Å². The topological polar surface area (TPSA) is 79.8 Å². The predicted octanol–water partition coefficient (Wildman–Crippen LogP) is 2.24. The van der Waals surface area contributed by atoms with E-state index < -0.39 is 5.82 Å². The number of rotatable bonds is 7. The summed E-state index contributed by atoms with van der Waals surface area (Å²) in [5, 5.41) is 9.37. The van der Waals surface area contributed by atoms with E-state index in [1.807, 2.05) is 6.92 Å². The summed E-state index contributed by atoms with van der Waals surface area (Å²) in [5.41, 5.74) is 0.123. The van der Waals surface area contributed by atoms with Crippen LogP contribution in [0.1, 0.15) is 19.8 Å². The highest BCUT2D eigenvalue weighted by Gasteiger charge is 2.11. The maximum atomic E-state index is 13.0. The summed E-state index contributed by atoms with van der Waals surface area (Å²) >= 11 is 1.16. The number of nitrogens with one attached hydrogen (secondary N) is 2. The normalized spacial score (nSPS) is 10.6. The average Bonchev–Trinajstić information content (AvgIpc) is 2.83. The molecule has 0 bridgehead atoms. The van der Waals surface area contributed by atoms with E-state index in [0.29, 0.717) is 17.4 Å². The minimum atomic E-state index is -0.411. The first-order valence-corrected chi connectivity index (χ1v) is 7.92. The summed E-state index contributed by atoms with van der Waals surface area (Å²) in [7, 11) is 0. The van der Waals surface area contributed by atoms with Gasteiger partial charge in [-0.05, 0) is 24.6 Å². The molecule has 2 aromatic rings. The third kappa shape index (κ3) is 4.45. The van der Waals surface area contributed by atoms with Gasteiger partial charge < -0.3 is 5.32 Å². The Kier molecular flexibility index (Phi) is 5.76. The summed E-state index contributed by atoms with van der Waals surface area (Å²) in [4.78, 5) is 23.5. The number of hydrogen-bond acceptors (Lipinski definition) is 4. The summed E-state index contributed by atoms with van der Waals surface area (Å²) < 4.78 is 14.6. The molecule has 0 atom stereocenters. The number of aromatic nitrogens is 3. The number of carbonyl (C=O) groups excluding carboxylic acids is 1. The van der Waals surface area contributed by atoms with Gasteiger partial charge in [0.05, 0.1) is 5.75 Å². The smallest absolute Gasteiger partial charge is 0.325 e. The van der Waals surface area contributed by atoms with Crippen molar-refractivity contribution >= 4 is 23.4 Å². The van der Waals surface area contributed by atoms with Crippen LogP contribution in [-0.4, -0.2) is 26.4 Å². The SMILES string of the molecule is CCCCn1c(SCC(=O)Nc2cccc(F)c2)n[nH]c1=O. The zero-order valence-corrected chi connectivity index (χ0v) is 13.0. The van der Waals surface area contributed by atoms with Crippen molar-refractivity contribution in [1.29, 1.82) is 0 Å². The molecule has 1 aromatic carbocycles. The quantitative estimate of drug-likeness (QED) is 0.766. The molecule has 1 aromatic heterocycles. The lowest BCUT2D eigenvalue weighted by Gasteiger charge is -2.06. The van der Waals surface area contributed by atoms with Gasteiger partial charge in [0.25, 0.3) is 0 Å². The lowest BCUT2D eigenvalue weighted by molar-refractivity contribution is -0.113. The zero-order chi connectivity index (χ0) is 15.9. The second kappa shape index (κ2) is 7.79. The van der Waals surface area contributed by atoms with Crippen molar-refractivity contribution in [2.45, 2.75) is 31.5 Å². The van der Waals surface area contributed by atoms with Crippen molar-refractivity contribution < 1.29 is 9.18 Å². The van der Waals surface area contributed by atoms with Crippen molar-refractivity contribution in [3.63, 3.8) is 0 Å². The molecule has 0 saturated carbocycles. The molecule has 8 heteroatoms. The van der Waals surface area contributed by atoms with Crippen LogP contribution >= 0.6 is 11.8 Å². The molecule has 6 nitrogen and oxygen atoms in total.